The van der Waals surface area contributed by atoms with Gasteiger partial charge in [0, 0.05) is 11.0 Å². The first kappa shape index (κ1) is 20.9. The summed E-state index contributed by atoms with van der Waals surface area (Å²) in [5, 5.41) is 13.7. The maximum Gasteiger partial charge on any atom is 0.316 e. The zero-order valence-electron chi connectivity index (χ0n) is 16.3. The molecule has 2 aromatic carbocycles. The molecule has 0 saturated heterocycles. The van der Waals surface area contributed by atoms with Gasteiger partial charge in [-0.2, -0.15) is 0 Å². The third-order valence-electron chi connectivity index (χ3n) is 4.97. The van der Waals surface area contributed by atoms with Gasteiger partial charge in [-0.15, -0.1) is 11.8 Å². The number of thioether (sulfide) groups is 1. The summed E-state index contributed by atoms with van der Waals surface area (Å²) in [5.41, 5.74) is 4.05. The average Bonchev–Trinajstić information content (AvgIpc) is 3.16. The Morgan fingerprint density at radius 3 is 2.69 bits per heavy atom. The number of ether oxygens (including phenoxy) is 1. The Bertz CT molecular complexity index is 974. The van der Waals surface area contributed by atoms with Gasteiger partial charge >= 0.3 is 5.97 Å². The van der Waals surface area contributed by atoms with Crippen molar-refractivity contribution in [2.75, 3.05) is 17.7 Å². The van der Waals surface area contributed by atoms with Crippen molar-refractivity contribution in [3.05, 3.63) is 62.7 Å². The van der Waals surface area contributed by atoms with E-state index in [1.165, 1.54) is 35.4 Å². The molecule has 7 nitrogen and oxygen atoms in total. The Morgan fingerprint density at radius 1 is 1.17 bits per heavy atom. The highest BCUT2D eigenvalue weighted by Gasteiger charge is 2.20. The van der Waals surface area contributed by atoms with Gasteiger partial charge in [0.25, 0.3) is 11.6 Å². The second kappa shape index (κ2) is 9.09. The second-order valence-electron chi connectivity index (χ2n) is 6.94. The standard InChI is InChI=1S/C21H22N2O5S/c1-13-6-9-18(23(26)27)21(14(13)2)22-19(24)11-28-20(25)12-29-17-8-7-15-4-3-5-16(15)10-17/h6-10H,3-5,11-12H2,1-2H3,(H,22,24). The van der Waals surface area contributed by atoms with Crippen LogP contribution in [0.2, 0.25) is 0 Å². The highest BCUT2D eigenvalue weighted by Crippen LogP contribution is 2.30. The van der Waals surface area contributed by atoms with Gasteiger partial charge in [0.2, 0.25) is 0 Å². The number of esters is 1. The largest absolute Gasteiger partial charge is 0.455 e. The number of amides is 1. The molecule has 8 heteroatoms. The highest BCUT2D eigenvalue weighted by molar-refractivity contribution is 8.00. The fraction of sp³-hybridized carbons (Fsp3) is 0.333. The third kappa shape index (κ3) is 5.14. The molecule has 0 fully saturated rings. The predicted molar refractivity (Wildman–Crippen MR) is 111 cm³/mol. The molecule has 0 radical (unpaired) electrons. The van der Waals surface area contributed by atoms with E-state index in [4.69, 9.17) is 4.74 Å². The van der Waals surface area contributed by atoms with Crippen molar-refractivity contribution in [2.45, 2.75) is 38.0 Å². The molecule has 1 N–H and O–H groups in total. The zero-order valence-corrected chi connectivity index (χ0v) is 17.1. The van der Waals surface area contributed by atoms with Crippen molar-refractivity contribution in [3.8, 4) is 0 Å². The molecule has 1 aliphatic carbocycles. The number of anilines is 1. The molecule has 152 valence electrons. The van der Waals surface area contributed by atoms with E-state index >= 15 is 0 Å². The molecule has 0 aliphatic heterocycles. The number of fused-ring (bicyclic) bond motifs is 1. The Kier molecular flexibility index (Phi) is 6.53. The maximum atomic E-state index is 12.1. The Balaban J connectivity index is 1.51. The number of nitro groups is 1. The molecule has 1 aliphatic rings. The molecule has 0 saturated carbocycles. The van der Waals surface area contributed by atoms with E-state index in [1.54, 1.807) is 19.9 Å². The predicted octanol–water partition coefficient (Wildman–Crippen LogP) is 3.97. The minimum absolute atomic E-state index is 0.0929. The number of aryl methyl sites for hydroxylation is 3. The number of hydrogen-bond donors (Lipinski definition) is 1. The van der Waals surface area contributed by atoms with Crippen LogP contribution in [0.1, 0.15) is 28.7 Å². The number of nitro benzene ring substituents is 1. The summed E-state index contributed by atoms with van der Waals surface area (Å²) >= 11 is 1.37. The average molecular weight is 414 g/mol. The number of benzene rings is 2. The highest BCUT2D eigenvalue weighted by atomic mass is 32.2. The SMILES string of the molecule is Cc1ccc([N+](=O)[O-])c(NC(=O)COC(=O)CSc2ccc3c(c2)CCC3)c1C. The van der Waals surface area contributed by atoms with Gasteiger partial charge in [-0.1, -0.05) is 12.1 Å². The van der Waals surface area contributed by atoms with Gasteiger partial charge in [-0.3, -0.25) is 19.7 Å². The molecule has 0 bridgehead atoms. The van der Waals surface area contributed by atoms with Crippen LogP contribution in [0.4, 0.5) is 11.4 Å². The Labute approximate surface area is 173 Å². The van der Waals surface area contributed by atoms with Crippen LogP contribution in [0.5, 0.6) is 0 Å². The lowest BCUT2D eigenvalue weighted by atomic mass is 10.1. The van der Waals surface area contributed by atoms with Crippen LogP contribution in [-0.4, -0.2) is 29.2 Å². The van der Waals surface area contributed by atoms with Crippen LogP contribution < -0.4 is 5.32 Å². The monoisotopic (exact) mass is 414 g/mol. The summed E-state index contributed by atoms with van der Waals surface area (Å²) in [6.07, 6.45) is 3.34. The van der Waals surface area contributed by atoms with E-state index < -0.39 is 23.4 Å². The first-order valence-corrected chi connectivity index (χ1v) is 10.3. The van der Waals surface area contributed by atoms with Crippen molar-refractivity contribution in [1.82, 2.24) is 0 Å². The molecule has 0 aromatic heterocycles. The van der Waals surface area contributed by atoms with Crippen molar-refractivity contribution in [2.24, 2.45) is 0 Å². The Morgan fingerprint density at radius 2 is 1.93 bits per heavy atom. The fourth-order valence-electron chi connectivity index (χ4n) is 3.25. The maximum absolute atomic E-state index is 12.1. The minimum Gasteiger partial charge on any atom is -0.455 e. The fourth-order valence-corrected chi connectivity index (χ4v) is 4.01. The number of carbonyl (C=O) groups excluding carboxylic acids is 2. The van der Waals surface area contributed by atoms with E-state index in [-0.39, 0.29) is 17.1 Å². The molecule has 1 amide bonds. The Hall–Kier alpha value is -2.87. The molecule has 29 heavy (non-hydrogen) atoms. The first-order chi connectivity index (χ1) is 13.8. The van der Waals surface area contributed by atoms with Gasteiger partial charge in [-0.05, 0) is 67.5 Å². The molecule has 0 spiro atoms. The summed E-state index contributed by atoms with van der Waals surface area (Å²) in [7, 11) is 0. The van der Waals surface area contributed by atoms with Crippen LogP contribution in [0.15, 0.2) is 35.2 Å². The second-order valence-corrected chi connectivity index (χ2v) is 7.99. The first-order valence-electron chi connectivity index (χ1n) is 9.30. The summed E-state index contributed by atoms with van der Waals surface area (Å²) in [4.78, 5) is 35.7. The van der Waals surface area contributed by atoms with Gasteiger partial charge in [0.1, 0.15) is 5.69 Å². The normalized spacial score (nSPS) is 12.3. The van der Waals surface area contributed by atoms with E-state index in [0.717, 1.165) is 23.3 Å². The van der Waals surface area contributed by atoms with Gasteiger partial charge in [0.05, 0.1) is 10.7 Å². The minimum atomic E-state index is -0.613. The van der Waals surface area contributed by atoms with Crippen LogP contribution >= 0.6 is 11.8 Å². The van der Waals surface area contributed by atoms with Gasteiger partial charge < -0.3 is 10.1 Å². The summed E-state index contributed by atoms with van der Waals surface area (Å²) in [6, 6.07) is 9.16. The molecule has 2 aromatic rings. The van der Waals surface area contributed by atoms with Crippen LogP contribution in [-0.2, 0) is 27.2 Å². The number of hydrogen-bond acceptors (Lipinski definition) is 6. The van der Waals surface area contributed by atoms with Crippen LogP contribution in [0, 0.1) is 24.0 Å². The molecule has 0 unspecified atom stereocenters. The summed E-state index contributed by atoms with van der Waals surface area (Å²) in [5.74, 6) is -1.03. The van der Waals surface area contributed by atoms with Gasteiger partial charge in [-0.25, -0.2) is 0 Å². The number of rotatable bonds is 7. The van der Waals surface area contributed by atoms with E-state index in [9.17, 15) is 19.7 Å². The van der Waals surface area contributed by atoms with Gasteiger partial charge in [0.15, 0.2) is 6.61 Å². The van der Waals surface area contributed by atoms with Crippen LogP contribution in [0.25, 0.3) is 0 Å². The van der Waals surface area contributed by atoms with E-state index in [0.29, 0.717) is 5.56 Å². The summed E-state index contributed by atoms with van der Waals surface area (Å²) in [6.45, 7) is 3.00. The lowest BCUT2D eigenvalue weighted by molar-refractivity contribution is -0.384. The number of nitrogens with zero attached hydrogens (tertiary/aromatic N) is 1. The van der Waals surface area contributed by atoms with E-state index in [2.05, 4.69) is 17.4 Å². The third-order valence-corrected chi connectivity index (χ3v) is 5.93. The van der Waals surface area contributed by atoms with Crippen molar-refractivity contribution >= 4 is 35.0 Å². The summed E-state index contributed by atoms with van der Waals surface area (Å²) < 4.78 is 5.02. The molecular weight excluding hydrogens is 392 g/mol. The lowest BCUT2D eigenvalue weighted by Gasteiger charge is -2.11. The van der Waals surface area contributed by atoms with Crippen molar-refractivity contribution in [3.63, 3.8) is 0 Å². The quantitative estimate of drug-likeness (QED) is 0.319. The molecule has 0 atom stereocenters. The lowest BCUT2D eigenvalue weighted by Crippen LogP contribution is -2.22. The van der Waals surface area contributed by atoms with E-state index in [1.807, 2.05) is 6.07 Å². The topological polar surface area (TPSA) is 98.5 Å². The van der Waals surface area contributed by atoms with Crippen LogP contribution in [0.3, 0.4) is 0 Å². The molecule has 0 heterocycles. The van der Waals surface area contributed by atoms with Crippen molar-refractivity contribution in [1.29, 1.82) is 0 Å². The number of nitrogens with one attached hydrogen (secondary N) is 1. The zero-order chi connectivity index (χ0) is 21.0. The molecule has 3 rings (SSSR count). The molecular formula is C21H22N2O5S. The van der Waals surface area contributed by atoms with Crippen molar-refractivity contribution < 1.29 is 19.2 Å². The smallest absolute Gasteiger partial charge is 0.316 e. The number of carbonyl (C=O) groups is 2.